The van der Waals surface area contributed by atoms with E-state index in [0.29, 0.717) is 0 Å². The van der Waals surface area contributed by atoms with Crippen molar-refractivity contribution >= 4 is 16.1 Å². The summed E-state index contributed by atoms with van der Waals surface area (Å²) in [6, 6.07) is 0.444. The second-order valence-corrected chi connectivity index (χ2v) is 9.79. The van der Waals surface area contributed by atoms with Gasteiger partial charge in [0.1, 0.15) is 0 Å². The van der Waals surface area contributed by atoms with Crippen LogP contribution >= 0.6 is 0 Å². The van der Waals surface area contributed by atoms with Crippen molar-refractivity contribution in [2.45, 2.75) is 54.5 Å². The van der Waals surface area contributed by atoms with E-state index in [1.807, 2.05) is 9.80 Å². The Kier molecular flexibility index (Phi) is 2.44. The topological polar surface area (TPSA) is 81.8 Å². The van der Waals surface area contributed by atoms with Gasteiger partial charge in [0.25, 0.3) is 0 Å². The Labute approximate surface area is 130 Å². The van der Waals surface area contributed by atoms with Gasteiger partial charge >= 0.3 is 6.03 Å². The minimum absolute atomic E-state index is 0.0690. The largest absolute Gasteiger partial charge is 0.320 e. The summed E-state index contributed by atoms with van der Waals surface area (Å²) in [5.41, 5.74) is -0.316. The van der Waals surface area contributed by atoms with Crippen molar-refractivity contribution < 1.29 is 13.2 Å². The highest BCUT2D eigenvalue weighted by Gasteiger charge is 2.73. The fourth-order valence-electron chi connectivity index (χ4n) is 4.91. The van der Waals surface area contributed by atoms with Crippen LogP contribution in [0.1, 0.15) is 32.1 Å². The molecule has 6 rings (SSSR count). The van der Waals surface area contributed by atoms with Crippen molar-refractivity contribution in [1.29, 1.82) is 0 Å². The van der Waals surface area contributed by atoms with Gasteiger partial charge in [0, 0.05) is 31.7 Å². The van der Waals surface area contributed by atoms with Crippen molar-refractivity contribution in [3.8, 4) is 0 Å². The van der Waals surface area contributed by atoms with Gasteiger partial charge < -0.3 is 15.1 Å². The van der Waals surface area contributed by atoms with E-state index in [2.05, 4.69) is 10.0 Å². The molecule has 1 atom stereocenters. The number of carbonyl (C=O) groups excluding carboxylic acids is 1. The van der Waals surface area contributed by atoms with Crippen molar-refractivity contribution in [2.75, 3.05) is 26.2 Å². The predicted octanol–water partition coefficient (Wildman–Crippen LogP) is -0.547. The van der Waals surface area contributed by atoms with E-state index in [0.717, 1.165) is 58.3 Å². The van der Waals surface area contributed by atoms with E-state index < -0.39 is 10.0 Å². The third kappa shape index (κ3) is 1.68. The van der Waals surface area contributed by atoms with E-state index in [1.54, 1.807) is 0 Å². The molecule has 6 aliphatic rings. The maximum absolute atomic E-state index is 12.6. The molecule has 2 bridgehead atoms. The van der Waals surface area contributed by atoms with Gasteiger partial charge in [-0.3, -0.25) is 0 Å². The summed E-state index contributed by atoms with van der Waals surface area (Å²) >= 11 is 0. The summed E-state index contributed by atoms with van der Waals surface area (Å²) in [7, 11) is -3.13. The van der Waals surface area contributed by atoms with Gasteiger partial charge in [0.15, 0.2) is 0 Å². The van der Waals surface area contributed by atoms with Gasteiger partial charge in [-0.15, -0.1) is 0 Å². The van der Waals surface area contributed by atoms with Gasteiger partial charge in [-0.1, -0.05) is 0 Å². The minimum atomic E-state index is -3.13. The Morgan fingerprint density at radius 1 is 1.23 bits per heavy atom. The van der Waals surface area contributed by atoms with Crippen LogP contribution in [0.4, 0.5) is 4.79 Å². The number of rotatable bonds is 4. The van der Waals surface area contributed by atoms with Crippen LogP contribution in [0.25, 0.3) is 0 Å². The van der Waals surface area contributed by atoms with Crippen LogP contribution in [0.2, 0.25) is 0 Å². The molecule has 6 fully saturated rings. The number of carbonyl (C=O) groups is 1. The Morgan fingerprint density at radius 2 is 1.95 bits per heavy atom. The lowest BCUT2D eigenvalue weighted by atomic mass is 9.44. The lowest BCUT2D eigenvalue weighted by Gasteiger charge is -2.72. The molecule has 0 spiro atoms. The first kappa shape index (κ1) is 13.6. The molecule has 7 nitrogen and oxygen atoms in total. The SMILES string of the molecule is O=C1N2CCNCC2CN1C12CC(NS(=O)(=O)C3CC3)(C1)C2. The monoisotopic (exact) mass is 326 g/mol. The average Bonchev–Trinajstić information content (AvgIpc) is 3.20. The fraction of sp³-hybridized carbons (Fsp3) is 0.929. The summed E-state index contributed by atoms with van der Waals surface area (Å²) in [5, 5.41) is 3.18. The zero-order valence-electron chi connectivity index (χ0n) is 12.5. The normalized spacial score (nSPS) is 43.6. The molecule has 2 heterocycles. The number of fused-ring (bicyclic) bond motifs is 1. The van der Waals surface area contributed by atoms with Crippen LogP contribution in [-0.2, 0) is 10.0 Å². The van der Waals surface area contributed by atoms with Gasteiger partial charge in [-0.2, -0.15) is 0 Å². The van der Waals surface area contributed by atoms with Crippen molar-refractivity contribution in [3.63, 3.8) is 0 Å². The van der Waals surface area contributed by atoms with Crippen LogP contribution in [0.3, 0.4) is 0 Å². The number of nitrogens with zero attached hydrogens (tertiary/aromatic N) is 2. The van der Waals surface area contributed by atoms with Crippen LogP contribution in [-0.4, -0.2) is 72.8 Å². The third-order valence-corrected chi connectivity index (χ3v) is 8.18. The standard InChI is InChI=1S/C14H22N4O3S/c19-12-17-4-3-15-5-10(17)6-18(12)14-7-13(8-14,9-14)16-22(20,21)11-1-2-11/h10-11,15-16H,1-9H2. The fourth-order valence-corrected chi connectivity index (χ4v) is 6.65. The Hall–Kier alpha value is -0.860. The number of amides is 2. The number of piperazine rings is 1. The van der Waals surface area contributed by atoms with Crippen LogP contribution in [0.15, 0.2) is 0 Å². The Morgan fingerprint density at radius 3 is 2.59 bits per heavy atom. The van der Waals surface area contributed by atoms with Gasteiger partial charge in [0.05, 0.1) is 16.8 Å². The summed E-state index contributed by atoms with van der Waals surface area (Å²) in [4.78, 5) is 16.6. The lowest BCUT2D eigenvalue weighted by molar-refractivity contribution is -0.145. The van der Waals surface area contributed by atoms with Gasteiger partial charge in [-0.05, 0) is 32.1 Å². The maximum Gasteiger partial charge on any atom is 0.320 e. The number of urea groups is 1. The molecule has 0 radical (unpaired) electrons. The third-order valence-electron chi connectivity index (χ3n) is 6.12. The minimum Gasteiger partial charge on any atom is -0.317 e. The first-order valence-corrected chi connectivity index (χ1v) is 9.80. The second kappa shape index (κ2) is 3.96. The highest BCUT2D eigenvalue weighted by Crippen LogP contribution is 2.64. The van der Waals surface area contributed by atoms with E-state index in [1.165, 1.54) is 0 Å². The van der Waals surface area contributed by atoms with Gasteiger partial charge in [-0.25, -0.2) is 17.9 Å². The molecule has 1 unspecified atom stereocenters. The van der Waals surface area contributed by atoms with Crippen LogP contribution in [0.5, 0.6) is 0 Å². The lowest BCUT2D eigenvalue weighted by Crippen LogP contribution is -2.84. The molecule has 22 heavy (non-hydrogen) atoms. The maximum atomic E-state index is 12.6. The number of nitrogens with one attached hydrogen (secondary N) is 2. The molecule has 0 aromatic heterocycles. The summed E-state index contributed by atoms with van der Waals surface area (Å²) in [6.45, 7) is 3.32. The molecule has 2 saturated heterocycles. The van der Waals surface area contributed by atoms with E-state index >= 15 is 0 Å². The molecule has 122 valence electrons. The molecule has 2 aliphatic heterocycles. The molecule has 0 aromatic carbocycles. The summed E-state index contributed by atoms with van der Waals surface area (Å²) < 4.78 is 27.2. The second-order valence-electron chi connectivity index (χ2n) is 7.83. The number of hydrogen-bond donors (Lipinski definition) is 2. The summed E-state index contributed by atoms with van der Waals surface area (Å²) in [6.07, 6.45) is 3.98. The molecule has 8 heteroatoms. The zero-order valence-corrected chi connectivity index (χ0v) is 13.4. The van der Waals surface area contributed by atoms with Crippen molar-refractivity contribution in [2.24, 2.45) is 0 Å². The highest BCUT2D eigenvalue weighted by molar-refractivity contribution is 7.90. The number of sulfonamides is 1. The molecule has 2 amide bonds. The zero-order chi connectivity index (χ0) is 15.2. The van der Waals surface area contributed by atoms with Gasteiger partial charge in [0.2, 0.25) is 10.0 Å². The Balaban J connectivity index is 1.27. The van der Waals surface area contributed by atoms with E-state index in [9.17, 15) is 13.2 Å². The highest BCUT2D eigenvalue weighted by atomic mass is 32.2. The van der Waals surface area contributed by atoms with Crippen LogP contribution < -0.4 is 10.0 Å². The van der Waals surface area contributed by atoms with E-state index in [4.69, 9.17) is 0 Å². The molecular weight excluding hydrogens is 304 g/mol. The average molecular weight is 326 g/mol. The number of hydrogen-bond acceptors (Lipinski definition) is 4. The van der Waals surface area contributed by atoms with Crippen molar-refractivity contribution in [3.05, 3.63) is 0 Å². The predicted molar refractivity (Wildman–Crippen MR) is 79.9 cm³/mol. The smallest absolute Gasteiger partial charge is 0.317 e. The first-order valence-electron chi connectivity index (χ1n) is 8.25. The molecule has 4 aliphatic carbocycles. The first-order chi connectivity index (χ1) is 10.4. The molecular formula is C14H22N4O3S. The Bertz CT molecular complexity index is 625. The molecule has 0 aromatic rings. The van der Waals surface area contributed by atoms with Crippen LogP contribution in [0, 0.1) is 0 Å². The molecule has 4 saturated carbocycles. The molecule has 2 N–H and O–H groups in total. The summed E-state index contributed by atoms with van der Waals surface area (Å²) in [5.74, 6) is 0. The van der Waals surface area contributed by atoms with E-state index in [-0.39, 0.29) is 28.4 Å². The quantitative estimate of drug-likeness (QED) is 0.726. The van der Waals surface area contributed by atoms with Crippen molar-refractivity contribution in [1.82, 2.24) is 19.8 Å².